The van der Waals surface area contributed by atoms with E-state index in [1.54, 1.807) is 0 Å². The third kappa shape index (κ3) is 8.58. The van der Waals surface area contributed by atoms with Gasteiger partial charge in [0.05, 0.1) is 12.6 Å². The number of rotatable bonds is 10. The highest BCUT2D eigenvalue weighted by Gasteiger charge is 2.24. The number of carboxylic acid groups (broad SMARTS) is 1. The number of aliphatic carboxylic acids is 1. The van der Waals surface area contributed by atoms with Gasteiger partial charge in [-0.1, -0.05) is 0 Å². The number of hydrogen-bond acceptors (Lipinski definition) is 6. The summed E-state index contributed by atoms with van der Waals surface area (Å²) in [5, 5.41) is 22.0. The fraction of sp³-hybridized carbons (Fsp3) is 0.667. The van der Waals surface area contributed by atoms with Crippen molar-refractivity contribution in [2.24, 2.45) is 22.2 Å². The van der Waals surface area contributed by atoms with Gasteiger partial charge < -0.3 is 38.0 Å². The highest BCUT2D eigenvalue weighted by Crippen LogP contribution is 1.97. The van der Waals surface area contributed by atoms with Crippen molar-refractivity contribution in [3.63, 3.8) is 0 Å². The molecule has 10 N–H and O–H groups in total. The molecule has 11 heteroatoms. The lowest BCUT2D eigenvalue weighted by atomic mass is 10.1. The summed E-state index contributed by atoms with van der Waals surface area (Å²) in [6, 6.07) is -3.29. The molecule has 0 fully saturated rings. The predicted octanol–water partition coefficient (Wildman–Crippen LogP) is -3.57. The van der Waals surface area contributed by atoms with Gasteiger partial charge in [-0.2, -0.15) is 0 Å². The summed E-state index contributed by atoms with van der Waals surface area (Å²) in [7, 11) is 0. The van der Waals surface area contributed by atoms with Crippen molar-refractivity contribution in [1.29, 1.82) is 0 Å². The summed E-state index contributed by atoms with van der Waals surface area (Å²) in [6.45, 7) is 0.942. The maximum Gasteiger partial charge on any atom is 0.328 e. The monoisotopic (exact) mass is 332 g/mol. The zero-order valence-electron chi connectivity index (χ0n) is 12.9. The fourth-order valence-corrected chi connectivity index (χ4v) is 1.52. The Kier molecular flexibility index (Phi) is 9.27. The summed E-state index contributed by atoms with van der Waals surface area (Å²) in [6.07, 6.45) is 0.796. The molecule has 0 spiro atoms. The molecular weight excluding hydrogens is 308 g/mol. The van der Waals surface area contributed by atoms with Gasteiger partial charge in [-0.15, -0.1) is 0 Å². The number of aliphatic hydroxyl groups is 1. The average Bonchev–Trinajstić information content (AvgIpc) is 2.47. The first kappa shape index (κ1) is 20.6. The lowest BCUT2D eigenvalue weighted by Gasteiger charge is -2.19. The van der Waals surface area contributed by atoms with Crippen LogP contribution in [0.5, 0.6) is 0 Å². The normalized spacial score (nSPS) is 14.2. The van der Waals surface area contributed by atoms with E-state index in [1.807, 2.05) is 0 Å². The van der Waals surface area contributed by atoms with Crippen molar-refractivity contribution in [2.45, 2.75) is 37.9 Å². The van der Waals surface area contributed by atoms with Crippen LogP contribution in [-0.4, -0.2) is 65.2 Å². The summed E-state index contributed by atoms with van der Waals surface area (Å²) in [5.74, 6) is -2.73. The van der Waals surface area contributed by atoms with Crippen molar-refractivity contribution >= 4 is 23.7 Å². The van der Waals surface area contributed by atoms with Crippen LogP contribution in [0.2, 0.25) is 0 Å². The number of hydrogen-bond donors (Lipinski definition) is 7. The molecule has 11 nitrogen and oxygen atoms in total. The Balaban J connectivity index is 4.28. The van der Waals surface area contributed by atoms with Crippen molar-refractivity contribution in [1.82, 2.24) is 10.6 Å². The van der Waals surface area contributed by atoms with E-state index in [1.165, 1.54) is 6.92 Å². The number of amides is 2. The third-order valence-corrected chi connectivity index (χ3v) is 2.85. The van der Waals surface area contributed by atoms with Crippen LogP contribution >= 0.6 is 0 Å². The number of aliphatic hydroxyl groups excluding tert-OH is 1. The molecule has 132 valence electrons. The standard InChI is InChI=1S/C12H24N6O5/c1-6(9(20)18-8(5-19)11(22)23)17-10(21)7(13)3-2-4-16-12(14)15/h6-8,19H,2-5,13H2,1H3,(H,17,21)(H,18,20)(H,22,23)(H4,14,15,16)/t6-,7-,8-/m0/s1. The van der Waals surface area contributed by atoms with E-state index in [9.17, 15) is 14.4 Å². The molecule has 0 saturated carbocycles. The Morgan fingerprint density at radius 2 is 1.78 bits per heavy atom. The van der Waals surface area contributed by atoms with Crippen LogP contribution in [0.25, 0.3) is 0 Å². The predicted molar refractivity (Wildman–Crippen MR) is 82.1 cm³/mol. The minimum absolute atomic E-state index is 0.0508. The summed E-state index contributed by atoms with van der Waals surface area (Å²) < 4.78 is 0. The number of aliphatic imine (C=N–C) groups is 1. The van der Waals surface area contributed by atoms with E-state index in [4.69, 9.17) is 27.4 Å². The maximum absolute atomic E-state index is 11.8. The molecule has 2 amide bonds. The highest BCUT2D eigenvalue weighted by molar-refractivity contribution is 5.91. The number of nitrogens with one attached hydrogen (secondary N) is 2. The van der Waals surface area contributed by atoms with Crippen LogP contribution in [0, 0.1) is 0 Å². The zero-order valence-corrected chi connectivity index (χ0v) is 12.9. The van der Waals surface area contributed by atoms with Gasteiger partial charge in [0, 0.05) is 6.54 Å². The topological polar surface area (TPSA) is 206 Å². The second-order valence-corrected chi connectivity index (χ2v) is 4.87. The largest absolute Gasteiger partial charge is 0.480 e. The van der Waals surface area contributed by atoms with E-state index < -0.39 is 42.5 Å². The number of nitrogens with two attached hydrogens (primary N) is 3. The number of carboxylic acids is 1. The summed E-state index contributed by atoms with van der Waals surface area (Å²) in [4.78, 5) is 38.0. The quantitative estimate of drug-likeness (QED) is 0.121. The Morgan fingerprint density at radius 3 is 2.26 bits per heavy atom. The Bertz CT molecular complexity index is 451. The smallest absolute Gasteiger partial charge is 0.328 e. The van der Waals surface area contributed by atoms with Gasteiger partial charge in [-0.25, -0.2) is 4.79 Å². The van der Waals surface area contributed by atoms with Crippen LogP contribution in [0.1, 0.15) is 19.8 Å². The maximum atomic E-state index is 11.8. The van der Waals surface area contributed by atoms with Gasteiger partial charge in [-0.3, -0.25) is 14.6 Å². The van der Waals surface area contributed by atoms with E-state index in [-0.39, 0.29) is 5.96 Å². The SMILES string of the molecule is C[C@H](NC(=O)[C@@H](N)CCCN=C(N)N)C(=O)N[C@@H](CO)C(=O)O. The van der Waals surface area contributed by atoms with Gasteiger partial charge >= 0.3 is 5.97 Å². The number of nitrogens with zero attached hydrogens (tertiary/aromatic N) is 1. The van der Waals surface area contributed by atoms with E-state index in [0.717, 1.165) is 0 Å². The molecule has 0 aromatic heterocycles. The molecule has 0 bridgehead atoms. The number of guanidine groups is 1. The molecule has 0 radical (unpaired) electrons. The van der Waals surface area contributed by atoms with Crippen molar-refractivity contribution < 1.29 is 24.6 Å². The molecule has 0 aromatic carbocycles. The lowest BCUT2D eigenvalue weighted by molar-refractivity contribution is -0.143. The fourth-order valence-electron chi connectivity index (χ4n) is 1.52. The Labute approximate surface area is 133 Å². The average molecular weight is 332 g/mol. The Morgan fingerprint density at radius 1 is 1.17 bits per heavy atom. The molecule has 0 aliphatic carbocycles. The van der Waals surface area contributed by atoms with Gasteiger partial charge in [0.25, 0.3) is 0 Å². The Hall–Kier alpha value is -2.40. The minimum Gasteiger partial charge on any atom is -0.480 e. The van der Waals surface area contributed by atoms with Crippen LogP contribution in [-0.2, 0) is 14.4 Å². The molecule has 0 aliphatic rings. The molecule has 0 heterocycles. The third-order valence-electron chi connectivity index (χ3n) is 2.85. The first-order valence-corrected chi connectivity index (χ1v) is 6.94. The van der Waals surface area contributed by atoms with Crippen LogP contribution < -0.4 is 27.8 Å². The number of carbonyl (C=O) groups is 3. The molecule has 0 saturated heterocycles. The molecular formula is C12H24N6O5. The van der Waals surface area contributed by atoms with E-state index >= 15 is 0 Å². The summed E-state index contributed by atoms with van der Waals surface area (Å²) >= 11 is 0. The zero-order chi connectivity index (χ0) is 18.0. The molecule has 0 aromatic rings. The van der Waals surface area contributed by atoms with Gasteiger partial charge in [-0.05, 0) is 19.8 Å². The minimum atomic E-state index is -1.44. The van der Waals surface area contributed by atoms with Crippen molar-refractivity contribution in [2.75, 3.05) is 13.2 Å². The summed E-state index contributed by atoms with van der Waals surface area (Å²) in [5.41, 5.74) is 16.0. The van der Waals surface area contributed by atoms with Crippen LogP contribution in [0.3, 0.4) is 0 Å². The molecule has 3 atom stereocenters. The van der Waals surface area contributed by atoms with E-state index in [2.05, 4.69) is 15.6 Å². The molecule has 0 rings (SSSR count). The van der Waals surface area contributed by atoms with Gasteiger partial charge in [0.1, 0.15) is 12.1 Å². The first-order chi connectivity index (χ1) is 10.7. The van der Waals surface area contributed by atoms with Gasteiger partial charge in [0.15, 0.2) is 5.96 Å². The van der Waals surface area contributed by atoms with Crippen LogP contribution in [0.4, 0.5) is 0 Å². The molecule has 23 heavy (non-hydrogen) atoms. The number of carbonyl (C=O) groups excluding carboxylic acids is 2. The molecule has 0 unspecified atom stereocenters. The lowest BCUT2D eigenvalue weighted by Crippen LogP contribution is -2.54. The molecule has 0 aliphatic heterocycles. The van der Waals surface area contributed by atoms with Crippen molar-refractivity contribution in [3.8, 4) is 0 Å². The highest BCUT2D eigenvalue weighted by atomic mass is 16.4. The van der Waals surface area contributed by atoms with E-state index in [0.29, 0.717) is 19.4 Å². The van der Waals surface area contributed by atoms with Crippen molar-refractivity contribution in [3.05, 3.63) is 0 Å². The van der Waals surface area contributed by atoms with Crippen LogP contribution in [0.15, 0.2) is 4.99 Å². The first-order valence-electron chi connectivity index (χ1n) is 6.94. The van der Waals surface area contributed by atoms with Gasteiger partial charge in [0.2, 0.25) is 11.8 Å². The second-order valence-electron chi connectivity index (χ2n) is 4.87. The second kappa shape index (κ2) is 10.3.